The van der Waals surface area contributed by atoms with Crippen LogP contribution in [0.2, 0.25) is 0 Å². The second-order valence-corrected chi connectivity index (χ2v) is 9.26. The van der Waals surface area contributed by atoms with E-state index in [-0.39, 0.29) is 12.4 Å². The van der Waals surface area contributed by atoms with E-state index in [1.165, 1.54) is 0 Å². The van der Waals surface area contributed by atoms with Gasteiger partial charge < -0.3 is 23.7 Å². The van der Waals surface area contributed by atoms with E-state index in [1.807, 2.05) is 105 Å². The molecule has 4 atom stereocenters. The number of benzene rings is 3. The molecule has 0 saturated carbocycles. The van der Waals surface area contributed by atoms with Crippen molar-refractivity contribution in [1.82, 2.24) is 0 Å². The summed E-state index contributed by atoms with van der Waals surface area (Å²) < 4.78 is 30.0. The lowest BCUT2D eigenvalue weighted by atomic mass is 9.80. The van der Waals surface area contributed by atoms with Gasteiger partial charge in [0.25, 0.3) is 0 Å². The molecular formula is C29H30O6. The maximum absolute atomic E-state index is 13.5. The molecule has 0 aromatic heterocycles. The van der Waals surface area contributed by atoms with Crippen LogP contribution in [0.4, 0.5) is 0 Å². The predicted octanol–water partition coefficient (Wildman–Crippen LogP) is 4.46. The van der Waals surface area contributed by atoms with Crippen molar-refractivity contribution in [2.24, 2.45) is 0 Å². The molecule has 2 saturated heterocycles. The van der Waals surface area contributed by atoms with E-state index in [9.17, 15) is 4.79 Å². The maximum atomic E-state index is 13.5. The lowest BCUT2D eigenvalue weighted by Gasteiger charge is -2.36. The molecule has 3 aromatic carbocycles. The molecule has 0 spiro atoms. The van der Waals surface area contributed by atoms with E-state index in [1.54, 1.807) is 7.11 Å². The summed E-state index contributed by atoms with van der Waals surface area (Å²) in [7, 11) is 1.55. The highest BCUT2D eigenvalue weighted by atomic mass is 16.8. The minimum absolute atomic E-state index is 0.188. The van der Waals surface area contributed by atoms with Gasteiger partial charge in [-0.1, -0.05) is 91.0 Å². The fraction of sp³-hybridized carbons (Fsp3) is 0.345. The molecule has 2 fully saturated rings. The Morgan fingerprint density at radius 3 is 1.77 bits per heavy atom. The second kappa shape index (κ2) is 9.64. The van der Waals surface area contributed by atoms with Gasteiger partial charge in [-0.05, 0) is 30.5 Å². The summed E-state index contributed by atoms with van der Waals surface area (Å²) in [4.78, 5) is 13.5. The third kappa shape index (κ3) is 4.44. The first kappa shape index (κ1) is 23.9. The fourth-order valence-electron chi connectivity index (χ4n) is 5.03. The summed E-state index contributed by atoms with van der Waals surface area (Å²) in [5.74, 6) is -1.02. The minimum atomic E-state index is -0.995. The summed E-state index contributed by atoms with van der Waals surface area (Å²) in [5.41, 5.74) is 1.77. The Morgan fingerprint density at radius 1 is 0.829 bits per heavy atom. The zero-order valence-electron chi connectivity index (χ0n) is 20.1. The largest absolute Gasteiger partial charge is 0.375 e. The average molecular weight is 475 g/mol. The summed E-state index contributed by atoms with van der Waals surface area (Å²) in [6.45, 7) is 3.44. The van der Waals surface area contributed by atoms with Crippen LogP contribution in [0.3, 0.4) is 0 Å². The Kier molecular flexibility index (Phi) is 6.57. The molecule has 2 heterocycles. The third-order valence-corrected chi connectivity index (χ3v) is 6.55. The molecule has 6 nitrogen and oxygen atoms in total. The normalized spacial score (nSPS) is 25.3. The summed E-state index contributed by atoms with van der Waals surface area (Å²) in [6, 6.07) is 29.8. The smallest absolute Gasteiger partial charge is 0.190 e. The number of carbonyl (C=O) groups is 1. The Labute approximate surface area is 205 Å². The van der Waals surface area contributed by atoms with Crippen LogP contribution in [-0.2, 0) is 34.1 Å². The van der Waals surface area contributed by atoms with Crippen LogP contribution in [0.25, 0.3) is 0 Å². The van der Waals surface area contributed by atoms with Crippen LogP contribution in [0, 0.1) is 0 Å². The van der Waals surface area contributed by atoms with Crippen LogP contribution < -0.4 is 0 Å². The Hall–Kier alpha value is -2.87. The van der Waals surface area contributed by atoms with E-state index >= 15 is 0 Å². The number of ether oxygens (including phenoxy) is 5. The van der Waals surface area contributed by atoms with E-state index in [0.717, 1.165) is 16.7 Å². The summed E-state index contributed by atoms with van der Waals surface area (Å²) >= 11 is 0. The molecule has 2 aliphatic heterocycles. The number of fused-ring (bicyclic) bond motifs is 1. The Morgan fingerprint density at radius 2 is 1.31 bits per heavy atom. The Balaban J connectivity index is 1.48. The van der Waals surface area contributed by atoms with Gasteiger partial charge in [-0.3, -0.25) is 4.79 Å². The monoisotopic (exact) mass is 474 g/mol. The molecular weight excluding hydrogens is 444 g/mol. The SMILES string of the molecule is CO[C@@H]1[C@H]2OC(C)(C)O[C@H]2O[C@@H]1C(=O)COC(c1ccccc1)(c1ccccc1)c1ccccc1. The zero-order valence-corrected chi connectivity index (χ0v) is 20.1. The van der Waals surface area contributed by atoms with Gasteiger partial charge in [0.2, 0.25) is 0 Å². The highest BCUT2D eigenvalue weighted by Gasteiger charge is 2.57. The molecule has 5 rings (SSSR count). The molecule has 35 heavy (non-hydrogen) atoms. The maximum Gasteiger partial charge on any atom is 0.190 e. The van der Waals surface area contributed by atoms with Gasteiger partial charge >= 0.3 is 0 Å². The fourth-order valence-corrected chi connectivity index (χ4v) is 5.03. The molecule has 0 N–H and O–H groups in total. The number of hydrogen-bond acceptors (Lipinski definition) is 6. The first-order valence-corrected chi connectivity index (χ1v) is 11.8. The van der Waals surface area contributed by atoms with E-state index in [4.69, 9.17) is 23.7 Å². The first-order valence-electron chi connectivity index (χ1n) is 11.8. The molecule has 0 bridgehead atoms. The molecule has 0 unspecified atom stereocenters. The van der Waals surface area contributed by atoms with Crippen molar-refractivity contribution in [1.29, 1.82) is 0 Å². The van der Waals surface area contributed by atoms with Gasteiger partial charge in [0, 0.05) is 7.11 Å². The van der Waals surface area contributed by atoms with E-state index < -0.39 is 36.0 Å². The van der Waals surface area contributed by atoms with Crippen molar-refractivity contribution >= 4 is 5.78 Å². The molecule has 0 radical (unpaired) electrons. The second-order valence-electron chi connectivity index (χ2n) is 9.26. The standard InChI is InChI=1S/C29H30O6/c1-28(2)34-26-25(31-3)24(33-27(26)35-28)23(30)19-32-29(20-13-7-4-8-14-20,21-15-9-5-10-16-21)22-17-11-6-12-18-22/h4-18,24-27H,19H2,1-3H3/t24-,25+,26-,27-/m1/s1. The molecule has 6 heteroatoms. The molecule has 0 amide bonds. The summed E-state index contributed by atoms with van der Waals surface area (Å²) in [6.07, 6.45) is -2.58. The topological polar surface area (TPSA) is 63.2 Å². The number of hydrogen-bond donors (Lipinski definition) is 0. The zero-order chi connectivity index (χ0) is 24.5. The highest BCUT2D eigenvalue weighted by Crippen LogP contribution is 2.42. The Bertz CT molecular complexity index is 1030. The van der Waals surface area contributed by atoms with Gasteiger partial charge in [0.15, 0.2) is 24.0 Å². The quantitative estimate of drug-likeness (QED) is 0.450. The summed E-state index contributed by atoms with van der Waals surface area (Å²) in [5, 5.41) is 0. The van der Waals surface area contributed by atoms with Crippen LogP contribution in [0.15, 0.2) is 91.0 Å². The van der Waals surface area contributed by atoms with Crippen molar-refractivity contribution in [2.45, 2.75) is 49.8 Å². The first-order chi connectivity index (χ1) is 16.9. The van der Waals surface area contributed by atoms with Gasteiger partial charge in [-0.2, -0.15) is 0 Å². The van der Waals surface area contributed by atoms with Crippen molar-refractivity contribution in [2.75, 3.05) is 13.7 Å². The number of rotatable bonds is 8. The van der Waals surface area contributed by atoms with Gasteiger partial charge in [-0.25, -0.2) is 0 Å². The number of methoxy groups -OCH3 is 1. The van der Waals surface area contributed by atoms with Crippen LogP contribution in [0.1, 0.15) is 30.5 Å². The van der Waals surface area contributed by atoms with Crippen LogP contribution >= 0.6 is 0 Å². The van der Waals surface area contributed by atoms with Crippen molar-refractivity contribution in [3.8, 4) is 0 Å². The van der Waals surface area contributed by atoms with Crippen molar-refractivity contribution in [3.63, 3.8) is 0 Å². The van der Waals surface area contributed by atoms with Gasteiger partial charge in [-0.15, -0.1) is 0 Å². The number of Topliss-reactive ketones (excluding diaryl/α,β-unsaturated/α-hetero) is 1. The molecule has 3 aromatic rings. The lowest BCUT2D eigenvalue weighted by molar-refractivity contribution is -0.217. The van der Waals surface area contributed by atoms with Gasteiger partial charge in [0.1, 0.15) is 24.4 Å². The molecule has 0 aliphatic carbocycles. The number of ketones is 1. The average Bonchev–Trinajstić information content (AvgIpc) is 3.37. The van der Waals surface area contributed by atoms with Crippen molar-refractivity contribution in [3.05, 3.63) is 108 Å². The van der Waals surface area contributed by atoms with E-state index in [0.29, 0.717) is 0 Å². The van der Waals surface area contributed by atoms with Crippen LogP contribution in [0.5, 0.6) is 0 Å². The van der Waals surface area contributed by atoms with E-state index in [2.05, 4.69) is 0 Å². The predicted molar refractivity (Wildman–Crippen MR) is 130 cm³/mol. The van der Waals surface area contributed by atoms with Gasteiger partial charge in [0.05, 0.1) is 0 Å². The lowest BCUT2D eigenvalue weighted by Crippen LogP contribution is -2.43. The molecule has 2 aliphatic rings. The highest BCUT2D eigenvalue weighted by molar-refractivity contribution is 5.85. The molecule has 182 valence electrons. The van der Waals surface area contributed by atoms with Crippen LogP contribution in [-0.4, -0.2) is 49.9 Å². The van der Waals surface area contributed by atoms with Crippen molar-refractivity contribution < 1.29 is 28.5 Å². The number of carbonyl (C=O) groups excluding carboxylic acids is 1. The third-order valence-electron chi connectivity index (χ3n) is 6.55. The minimum Gasteiger partial charge on any atom is -0.375 e.